The van der Waals surface area contributed by atoms with Crippen molar-refractivity contribution < 1.29 is 19.0 Å². The van der Waals surface area contributed by atoms with E-state index in [2.05, 4.69) is 15.9 Å². The van der Waals surface area contributed by atoms with Crippen LogP contribution in [0.3, 0.4) is 0 Å². The number of hydrogen-bond acceptors (Lipinski definition) is 5. The lowest BCUT2D eigenvalue weighted by molar-refractivity contribution is 0.103. The first-order valence-corrected chi connectivity index (χ1v) is 9.07. The Kier molecular flexibility index (Phi) is 5.15. The number of thiophene rings is 1. The van der Waals surface area contributed by atoms with Crippen molar-refractivity contribution in [3.8, 4) is 22.9 Å². The van der Waals surface area contributed by atoms with Crippen LogP contribution in [0.5, 0.6) is 17.2 Å². The Balaban J connectivity index is 2.11. The highest BCUT2D eigenvalue weighted by Gasteiger charge is 2.21. The third-order valence-electron chi connectivity index (χ3n) is 3.73. The molecule has 0 saturated carbocycles. The zero-order valence-electron chi connectivity index (χ0n) is 13.9. The third kappa shape index (κ3) is 3.29. The van der Waals surface area contributed by atoms with Crippen molar-refractivity contribution in [2.45, 2.75) is 0 Å². The molecule has 0 unspecified atom stereocenters. The summed E-state index contributed by atoms with van der Waals surface area (Å²) in [6.07, 6.45) is 1.87. The molecule has 5 nitrogen and oxygen atoms in total. The van der Waals surface area contributed by atoms with Crippen molar-refractivity contribution >= 4 is 33.0 Å². The molecule has 0 bridgehead atoms. The quantitative estimate of drug-likeness (QED) is 0.547. The molecule has 0 fully saturated rings. The van der Waals surface area contributed by atoms with Gasteiger partial charge in [-0.25, -0.2) is 0 Å². The summed E-state index contributed by atoms with van der Waals surface area (Å²) < 4.78 is 18.7. The van der Waals surface area contributed by atoms with Crippen LogP contribution in [0.2, 0.25) is 0 Å². The average Bonchev–Trinajstić information content (AvgIpc) is 3.28. The summed E-state index contributed by atoms with van der Waals surface area (Å²) in [5.41, 5.74) is 1.93. The molecule has 130 valence electrons. The van der Waals surface area contributed by atoms with E-state index >= 15 is 0 Å². The molecule has 0 radical (unpaired) electrons. The largest absolute Gasteiger partial charge is 0.493 e. The van der Waals surface area contributed by atoms with Gasteiger partial charge in [0.2, 0.25) is 11.5 Å². The minimum atomic E-state index is -0.142. The number of ketones is 1. The van der Waals surface area contributed by atoms with E-state index in [1.807, 2.05) is 27.6 Å². The summed E-state index contributed by atoms with van der Waals surface area (Å²) in [6.45, 7) is 0. The van der Waals surface area contributed by atoms with Gasteiger partial charge < -0.3 is 18.8 Å². The second kappa shape index (κ2) is 7.33. The molecule has 0 aliphatic rings. The predicted octanol–water partition coefficient (Wildman–Crippen LogP) is 4.56. The van der Waals surface area contributed by atoms with E-state index in [4.69, 9.17) is 14.2 Å². The highest BCUT2D eigenvalue weighted by Crippen LogP contribution is 2.39. The Bertz CT molecular complexity index is 877. The summed E-state index contributed by atoms with van der Waals surface area (Å²) in [5.74, 6) is 1.20. The number of benzene rings is 1. The van der Waals surface area contributed by atoms with E-state index in [9.17, 15) is 4.79 Å². The van der Waals surface area contributed by atoms with E-state index in [-0.39, 0.29) is 5.78 Å². The van der Waals surface area contributed by atoms with Crippen LogP contribution in [0.1, 0.15) is 16.1 Å². The number of aromatic nitrogens is 1. The number of rotatable bonds is 6. The third-order valence-corrected chi connectivity index (χ3v) is 4.83. The monoisotopic (exact) mass is 421 g/mol. The van der Waals surface area contributed by atoms with E-state index in [0.29, 0.717) is 28.5 Å². The zero-order valence-corrected chi connectivity index (χ0v) is 16.3. The molecule has 0 aliphatic carbocycles. The average molecular weight is 422 g/mol. The molecule has 3 rings (SSSR count). The van der Waals surface area contributed by atoms with Crippen LogP contribution in [0.4, 0.5) is 0 Å². The molecule has 0 amide bonds. The number of carbonyl (C=O) groups is 1. The number of halogens is 1. The molecule has 0 spiro atoms. The lowest BCUT2D eigenvalue weighted by Crippen LogP contribution is -2.09. The van der Waals surface area contributed by atoms with Crippen LogP contribution < -0.4 is 14.2 Å². The maximum Gasteiger partial charge on any atom is 0.210 e. The summed E-state index contributed by atoms with van der Waals surface area (Å²) in [7, 11) is 4.58. The summed E-state index contributed by atoms with van der Waals surface area (Å²) in [4.78, 5) is 13.1. The first-order valence-electron chi connectivity index (χ1n) is 7.34. The molecule has 0 N–H and O–H groups in total. The minimum absolute atomic E-state index is 0.142. The Hall–Kier alpha value is -2.25. The topological polar surface area (TPSA) is 49.7 Å². The first-order chi connectivity index (χ1) is 12.1. The van der Waals surface area contributed by atoms with Crippen molar-refractivity contribution in [2.75, 3.05) is 21.3 Å². The van der Waals surface area contributed by atoms with Gasteiger partial charge in [-0.2, -0.15) is 11.3 Å². The van der Waals surface area contributed by atoms with E-state index < -0.39 is 0 Å². The molecule has 2 aromatic heterocycles. The van der Waals surface area contributed by atoms with E-state index in [1.54, 1.807) is 29.5 Å². The van der Waals surface area contributed by atoms with Crippen LogP contribution in [0, 0.1) is 0 Å². The lowest BCUT2D eigenvalue weighted by Gasteiger charge is -2.14. The number of nitrogens with zero attached hydrogens (tertiary/aromatic N) is 1. The number of methoxy groups -OCH3 is 3. The van der Waals surface area contributed by atoms with Gasteiger partial charge >= 0.3 is 0 Å². The van der Waals surface area contributed by atoms with Gasteiger partial charge in [-0.1, -0.05) is 0 Å². The molecule has 2 heterocycles. The molecule has 1 aromatic carbocycles. The Morgan fingerprint density at radius 3 is 2.28 bits per heavy atom. The van der Waals surface area contributed by atoms with Gasteiger partial charge in [-0.15, -0.1) is 0 Å². The van der Waals surface area contributed by atoms with Crippen molar-refractivity contribution in [3.05, 3.63) is 57.0 Å². The van der Waals surface area contributed by atoms with Crippen LogP contribution in [0.15, 0.2) is 45.7 Å². The Morgan fingerprint density at radius 1 is 1.08 bits per heavy atom. The fourth-order valence-electron chi connectivity index (χ4n) is 2.57. The SMILES string of the molecule is COc1cc(C(=O)c2cc(Br)cn2-c2ccsc2)cc(OC)c1OC. The summed E-state index contributed by atoms with van der Waals surface area (Å²) >= 11 is 5.02. The molecular weight excluding hydrogens is 406 g/mol. The minimum Gasteiger partial charge on any atom is -0.493 e. The lowest BCUT2D eigenvalue weighted by atomic mass is 10.1. The van der Waals surface area contributed by atoms with Crippen molar-refractivity contribution in [2.24, 2.45) is 0 Å². The Labute approximate surface area is 157 Å². The fourth-order valence-corrected chi connectivity index (χ4v) is 3.62. The maximum atomic E-state index is 13.1. The second-order valence-corrected chi connectivity index (χ2v) is 6.83. The van der Waals surface area contributed by atoms with Gasteiger partial charge in [0.25, 0.3) is 0 Å². The summed E-state index contributed by atoms with van der Waals surface area (Å²) in [5, 5.41) is 3.95. The number of hydrogen-bond donors (Lipinski definition) is 0. The molecule has 3 aromatic rings. The van der Waals surface area contributed by atoms with Crippen molar-refractivity contribution in [3.63, 3.8) is 0 Å². The van der Waals surface area contributed by atoms with Gasteiger partial charge in [0.05, 0.1) is 32.7 Å². The smallest absolute Gasteiger partial charge is 0.210 e. The Morgan fingerprint density at radius 2 is 1.76 bits per heavy atom. The highest BCUT2D eigenvalue weighted by atomic mass is 79.9. The molecule has 7 heteroatoms. The fraction of sp³-hybridized carbons (Fsp3) is 0.167. The molecular formula is C18H16BrNO4S. The highest BCUT2D eigenvalue weighted by molar-refractivity contribution is 9.10. The van der Waals surface area contributed by atoms with Gasteiger partial charge in [0.1, 0.15) is 0 Å². The van der Waals surface area contributed by atoms with Crippen molar-refractivity contribution in [1.29, 1.82) is 0 Å². The molecule has 0 saturated heterocycles. The van der Waals surface area contributed by atoms with Gasteiger partial charge in [-0.05, 0) is 45.6 Å². The van der Waals surface area contributed by atoms with Gasteiger partial charge in [-0.3, -0.25) is 4.79 Å². The first kappa shape index (κ1) is 17.6. The second-order valence-electron chi connectivity index (χ2n) is 5.14. The standard InChI is InChI=1S/C18H16BrNO4S/c1-22-15-6-11(7-16(23-2)18(15)24-3)17(21)14-8-12(19)9-20(14)13-4-5-25-10-13/h4-10H,1-3H3. The zero-order chi connectivity index (χ0) is 18.0. The van der Waals surface area contributed by atoms with Crippen LogP contribution in [-0.4, -0.2) is 31.7 Å². The predicted molar refractivity (Wildman–Crippen MR) is 101 cm³/mol. The van der Waals surface area contributed by atoms with Gasteiger partial charge in [0.15, 0.2) is 11.5 Å². The van der Waals surface area contributed by atoms with Crippen LogP contribution in [-0.2, 0) is 0 Å². The number of carbonyl (C=O) groups excluding carboxylic acids is 1. The van der Waals surface area contributed by atoms with Crippen LogP contribution in [0.25, 0.3) is 5.69 Å². The maximum absolute atomic E-state index is 13.1. The molecule has 0 aliphatic heterocycles. The van der Waals surface area contributed by atoms with Crippen LogP contribution >= 0.6 is 27.3 Å². The number of ether oxygens (including phenoxy) is 3. The normalized spacial score (nSPS) is 10.6. The van der Waals surface area contributed by atoms with E-state index in [0.717, 1.165) is 10.2 Å². The molecule has 25 heavy (non-hydrogen) atoms. The molecule has 0 atom stereocenters. The van der Waals surface area contributed by atoms with E-state index in [1.165, 1.54) is 21.3 Å². The van der Waals surface area contributed by atoms with Gasteiger partial charge in [0, 0.05) is 21.6 Å². The summed E-state index contributed by atoms with van der Waals surface area (Å²) in [6, 6.07) is 7.07. The van der Waals surface area contributed by atoms with Crippen molar-refractivity contribution in [1.82, 2.24) is 4.57 Å².